The van der Waals surface area contributed by atoms with Gasteiger partial charge in [-0.05, 0) is 12.7 Å². The van der Waals surface area contributed by atoms with Gasteiger partial charge in [0, 0.05) is 0 Å². The van der Waals surface area contributed by atoms with E-state index in [9.17, 15) is 4.79 Å². The average molecular weight is 173 g/mol. The van der Waals surface area contributed by atoms with Crippen molar-refractivity contribution in [1.29, 1.82) is 0 Å². The minimum Gasteiger partial charge on any atom is -0.480 e. The van der Waals surface area contributed by atoms with Crippen molar-refractivity contribution in [1.82, 2.24) is 5.23 Å². The second-order valence-corrected chi connectivity index (χ2v) is 3.04. The van der Waals surface area contributed by atoms with Gasteiger partial charge in [-0.3, -0.25) is 4.79 Å². The Labute approximate surface area is 73.1 Å². The van der Waals surface area contributed by atoms with Crippen molar-refractivity contribution in [2.75, 3.05) is 0 Å². The monoisotopic (exact) mass is 173 g/mol. The third-order valence-corrected chi connectivity index (χ3v) is 1.90. The van der Waals surface area contributed by atoms with Crippen LogP contribution in [0.1, 0.15) is 20.3 Å². The summed E-state index contributed by atoms with van der Waals surface area (Å²) in [6.07, 6.45) is 0.774. The fourth-order valence-electron chi connectivity index (χ4n) is 0.975. The van der Waals surface area contributed by atoms with E-state index >= 15 is 0 Å². The highest BCUT2D eigenvalue weighted by atomic mass is 16.4. The van der Waals surface area contributed by atoms with Gasteiger partial charge in [-0.15, -0.1) is 0 Å². The maximum absolute atomic E-state index is 10.7. The van der Waals surface area contributed by atoms with E-state index in [0.29, 0.717) is 0 Å². The summed E-state index contributed by atoms with van der Waals surface area (Å²) in [7, 11) is -0.778. The zero-order chi connectivity index (χ0) is 9.72. The largest absolute Gasteiger partial charge is 0.480 e. The van der Waals surface area contributed by atoms with Crippen LogP contribution in [0.4, 0.5) is 0 Å². The van der Waals surface area contributed by atoms with Crippen LogP contribution in [0.15, 0.2) is 0 Å². The van der Waals surface area contributed by atoms with Crippen LogP contribution in [-0.4, -0.2) is 29.2 Å². The fraction of sp³-hybridized carbons (Fsp3) is 0.857. The summed E-state index contributed by atoms with van der Waals surface area (Å²) in [6, 6.07) is -0.657. The van der Waals surface area contributed by atoms with Gasteiger partial charge in [0.15, 0.2) is 0 Å². The molecule has 0 aliphatic carbocycles. The molecule has 5 heteroatoms. The Balaban J connectivity index is 4.13. The molecule has 0 aromatic rings. The van der Waals surface area contributed by atoms with Crippen LogP contribution >= 0.6 is 0 Å². The molecule has 0 saturated carbocycles. The lowest BCUT2D eigenvalue weighted by atomic mass is 9.84. The van der Waals surface area contributed by atoms with E-state index in [-0.39, 0.29) is 5.92 Å². The zero-order valence-electron chi connectivity index (χ0n) is 7.74. The summed E-state index contributed by atoms with van der Waals surface area (Å²) in [5.74, 6) is -0.887. The van der Waals surface area contributed by atoms with Crippen molar-refractivity contribution in [3.8, 4) is 0 Å². The predicted octanol–water partition coefficient (Wildman–Crippen LogP) is 0.186. The molecule has 0 fully saturated rings. The Hall–Kier alpha value is -0.545. The van der Waals surface area contributed by atoms with Crippen molar-refractivity contribution >= 4 is 13.0 Å². The van der Waals surface area contributed by atoms with Gasteiger partial charge >= 0.3 is 13.0 Å². The summed E-state index contributed by atoms with van der Waals surface area (Å²) >= 11 is 0. The molecule has 3 N–H and O–H groups in total. The SMILES string of the molecule is CC[C@H](C)[C@@H](NB(C)O)C(=O)O. The Morgan fingerprint density at radius 3 is 2.42 bits per heavy atom. The first-order valence-corrected chi connectivity index (χ1v) is 4.16. The molecule has 0 saturated heterocycles. The van der Waals surface area contributed by atoms with E-state index in [1.165, 1.54) is 6.82 Å². The summed E-state index contributed by atoms with van der Waals surface area (Å²) in [4.78, 5) is 10.7. The van der Waals surface area contributed by atoms with E-state index in [1.807, 2.05) is 13.8 Å². The van der Waals surface area contributed by atoms with Crippen molar-refractivity contribution in [3.05, 3.63) is 0 Å². The smallest absolute Gasteiger partial charge is 0.374 e. The third-order valence-electron chi connectivity index (χ3n) is 1.90. The van der Waals surface area contributed by atoms with Crippen LogP contribution in [0, 0.1) is 5.92 Å². The zero-order valence-corrected chi connectivity index (χ0v) is 7.74. The fourth-order valence-corrected chi connectivity index (χ4v) is 0.975. The van der Waals surface area contributed by atoms with Crippen LogP contribution in [0.25, 0.3) is 0 Å². The quantitative estimate of drug-likeness (QED) is 0.519. The molecule has 0 unspecified atom stereocenters. The second-order valence-electron chi connectivity index (χ2n) is 3.04. The molecule has 4 nitrogen and oxygen atoms in total. The summed E-state index contributed by atoms with van der Waals surface area (Å²) in [6.45, 7) is 5.27. The molecule has 0 aliphatic heterocycles. The molecule has 70 valence electrons. The van der Waals surface area contributed by atoms with Gasteiger partial charge in [-0.1, -0.05) is 20.3 Å². The Morgan fingerprint density at radius 1 is 1.67 bits per heavy atom. The van der Waals surface area contributed by atoms with E-state index in [4.69, 9.17) is 10.1 Å². The summed E-state index contributed by atoms with van der Waals surface area (Å²) in [5, 5.41) is 20.3. The highest BCUT2D eigenvalue weighted by Crippen LogP contribution is 2.07. The minimum atomic E-state index is -0.912. The number of carbonyl (C=O) groups is 1. The minimum absolute atomic E-state index is 0.0251. The van der Waals surface area contributed by atoms with Crippen molar-refractivity contribution in [2.24, 2.45) is 5.92 Å². The highest BCUT2D eigenvalue weighted by Gasteiger charge is 2.25. The first-order valence-electron chi connectivity index (χ1n) is 4.16. The van der Waals surface area contributed by atoms with Gasteiger partial charge in [0.05, 0.1) is 0 Å². The number of aliphatic carboxylic acids is 1. The maximum atomic E-state index is 10.7. The summed E-state index contributed by atoms with van der Waals surface area (Å²) in [5.41, 5.74) is 0. The Kier molecular flexibility index (Phi) is 4.93. The molecule has 0 amide bonds. The lowest BCUT2D eigenvalue weighted by Crippen LogP contribution is -2.48. The van der Waals surface area contributed by atoms with E-state index in [1.54, 1.807) is 0 Å². The highest BCUT2D eigenvalue weighted by molar-refractivity contribution is 6.46. The van der Waals surface area contributed by atoms with Crippen LogP contribution < -0.4 is 5.23 Å². The van der Waals surface area contributed by atoms with Gasteiger partial charge in [0.1, 0.15) is 6.04 Å². The molecule has 2 atom stereocenters. The molecule has 0 aromatic heterocycles. The second kappa shape index (κ2) is 5.16. The number of hydrogen-bond donors (Lipinski definition) is 3. The Morgan fingerprint density at radius 2 is 2.17 bits per heavy atom. The molecule has 0 radical (unpaired) electrons. The van der Waals surface area contributed by atoms with Crippen molar-refractivity contribution < 1.29 is 14.9 Å². The summed E-state index contributed by atoms with van der Waals surface area (Å²) < 4.78 is 0. The van der Waals surface area contributed by atoms with Crippen molar-refractivity contribution in [2.45, 2.75) is 33.1 Å². The number of carboxylic acids is 1. The lowest BCUT2D eigenvalue weighted by molar-refractivity contribution is -0.140. The Bertz CT molecular complexity index is 152. The molecule has 0 bridgehead atoms. The number of rotatable bonds is 5. The van der Waals surface area contributed by atoms with Gasteiger partial charge in [-0.2, -0.15) is 0 Å². The van der Waals surface area contributed by atoms with Gasteiger partial charge in [0.2, 0.25) is 0 Å². The number of hydrogen-bond acceptors (Lipinski definition) is 3. The van der Waals surface area contributed by atoms with E-state index in [2.05, 4.69) is 5.23 Å². The standard InChI is InChI=1S/C7H16BNO3/c1-4-5(2)6(7(10)11)9-8(3)12/h5-6,9,12H,4H2,1-3H3,(H,10,11)/t5-,6+/m0/s1. The normalized spacial score (nSPS) is 15.3. The third kappa shape index (κ3) is 3.73. The van der Waals surface area contributed by atoms with Crippen LogP contribution in [0.2, 0.25) is 6.82 Å². The molecule has 0 heterocycles. The first kappa shape index (κ1) is 11.5. The molecular weight excluding hydrogens is 157 g/mol. The van der Waals surface area contributed by atoms with Gasteiger partial charge in [-0.25, -0.2) is 0 Å². The number of nitrogens with one attached hydrogen (secondary N) is 1. The van der Waals surface area contributed by atoms with Crippen LogP contribution in [-0.2, 0) is 4.79 Å². The van der Waals surface area contributed by atoms with E-state index in [0.717, 1.165) is 6.42 Å². The number of carboxylic acid groups (broad SMARTS) is 1. The molecule has 0 spiro atoms. The average Bonchev–Trinajstić information content (AvgIpc) is 1.98. The van der Waals surface area contributed by atoms with Crippen LogP contribution in [0.3, 0.4) is 0 Å². The molecule has 12 heavy (non-hydrogen) atoms. The molecular formula is C7H16BNO3. The van der Waals surface area contributed by atoms with Gasteiger partial charge in [0.25, 0.3) is 0 Å². The molecule has 0 rings (SSSR count). The topological polar surface area (TPSA) is 69.6 Å². The first-order chi connectivity index (χ1) is 5.49. The predicted molar refractivity (Wildman–Crippen MR) is 47.9 cm³/mol. The maximum Gasteiger partial charge on any atom is 0.374 e. The van der Waals surface area contributed by atoms with Crippen molar-refractivity contribution in [3.63, 3.8) is 0 Å². The molecule has 0 aromatic carbocycles. The molecule has 0 aliphatic rings. The van der Waals surface area contributed by atoms with Crippen LogP contribution in [0.5, 0.6) is 0 Å². The lowest BCUT2D eigenvalue weighted by Gasteiger charge is -2.20. The van der Waals surface area contributed by atoms with E-state index < -0.39 is 19.1 Å². The van der Waals surface area contributed by atoms with Gasteiger partial charge < -0.3 is 15.4 Å².